The van der Waals surface area contributed by atoms with Crippen LogP contribution in [0.3, 0.4) is 0 Å². The second kappa shape index (κ2) is 7.31. The number of aromatic amines is 1. The molecule has 9 nitrogen and oxygen atoms in total. The highest BCUT2D eigenvalue weighted by Gasteiger charge is 2.29. The quantitative estimate of drug-likeness (QED) is 0.569. The summed E-state index contributed by atoms with van der Waals surface area (Å²) in [6.07, 6.45) is -2.50. The zero-order chi connectivity index (χ0) is 20.5. The first-order valence-electron chi connectivity index (χ1n) is 7.36. The van der Waals surface area contributed by atoms with Crippen molar-refractivity contribution >= 4 is 38.6 Å². The summed E-state index contributed by atoms with van der Waals surface area (Å²) in [5.74, 6) is -1.19. The van der Waals surface area contributed by atoms with Gasteiger partial charge in [-0.25, -0.2) is 23.1 Å². The molecular formula is C14H11ClF3N5O4S. The summed E-state index contributed by atoms with van der Waals surface area (Å²) in [5, 5.41) is 0.447. The lowest BCUT2D eigenvalue weighted by Gasteiger charge is -2.12. The number of nitrogens with zero attached hydrogens (tertiary/aromatic N) is 3. The number of halogens is 4. The number of hydrogen-bond donors (Lipinski definition) is 2. The Kier molecular flexibility index (Phi) is 5.21. The minimum absolute atomic E-state index is 0.147. The van der Waals surface area contributed by atoms with Crippen molar-refractivity contribution < 1.29 is 31.1 Å². The van der Waals surface area contributed by atoms with Gasteiger partial charge in [-0.1, -0.05) is 11.6 Å². The van der Waals surface area contributed by atoms with E-state index in [-0.39, 0.29) is 27.0 Å². The number of pyridine rings is 1. The van der Waals surface area contributed by atoms with Crippen molar-refractivity contribution in [2.75, 3.05) is 18.4 Å². The van der Waals surface area contributed by atoms with Crippen LogP contribution >= 0.6 is 11.6 Å². The minimum Gasteiger partial charge on any atom is -0.478 e. The molecule has 0 aliphatic rings. The highest BCUT2D eigenvalue weighted by molar-refractivity contribution is 7.93. The summed E-state index contributed by atoms with van der Waals surface area (Å²) < 4.78 is 73.5. The molecule has 0 amide bonds. The van der Waals surface area contributed by atoms with Crippen molar-refractivity contribution in [3.05, 3.63) is 29.7 Å². The van der Waals surface area contributed by atoms with Crippen LogP contribution in [0.5, 0.6) is 11.6 Å². The molecular weight excluding hydrogens is 427 g/mol. The summed E-state index contributed by atoms with van der Waals surface area (Å²) >= 11 is 5.76. The summed E-state index contributed by atoms with van der Waals surface area (Å²) in [6, 6.07) is 2.88. The second-order valence-corrected chi connectivity index (χ2v) is 7.30. The molecule has 0 aromatic carbocycles. The van der Waals surface area contributed by atoms with Gasteiger partial charge in [-0.2, -0.15) is 18.2 Å². The largest absolute Gasteiger partial charge is 0.478 e. The zero-order valence-corrected chi connectivity index (χ0v) is 15.5. The predicted molar refractivity (Wildman–Crippen MR) is 92.0 cm³/mol. The molecule has 0 saturated heterocycles. The van der Waals surface area contributed by atoms with E-state index in [1.165, 1.54) is 18.3 Å². The molecule has 0 atom stereocenters. The average molecular weight is 438 g/mol. The third kappa shape index (κ3) is 4.36. The molecule has 0 spiro atoms. The first-order chi connectivity index (χ1) is 13.1. The number of hydrogen-bond acceptors (Lipinski definition) is 7. The highest BCUT2D eigenvalue weighted by Crippen LogP contribution is 2.28. The van der Waals surface area contributed by atoms with Gasteiger partial charge in [-0.15, -0.1) is 0 Å². The average Bonchev–Trinajstić information content (AvgIpc) is 3.03. The van der Waals surface area contributed by atoms with Crippen molar-refractivity contribution in [3.63, 3.8) is 0 Å². The second-order valence-electron chi connectivity index (χ2n) is 5.26. The van der Waals surface area contributed by atoms with Gasteiger partial charge in [0.15, 0.2) is 12.4 Å². The van der Waals surface area contributed by atoms with Gasteiger partial charge in [0.05, 0.1) is 13.3 Å². The van der Waals surface area contributed by atoms with Crippen molar-refractivity contribution in [1.29, 1.82) is 0 Å². The van der Waals surface area contributed by atoms with E-state index < -0.39 is 34.5 Å². The molecule has 0 radical (unpaired) electrons. The number of anilines is 1. The van der Waals surface area contributed by atoms with E-state index in [4.69, 9.17) is 16.3 Å². The molecule has 28 heavy (non-hydrogen) atoms. The van der Waals surface area contributed by atoms with Crippen molar-refractivity contribution in [1.82, 2.24) is 19.9 Å². The molecule has 0 unspecified atom stereocenters. The molecule has 150 valence electrons. The van der Waals surface area contributed by atoms with Crippen LogP contribution in [0.25, 0.3) is 11.0 Å². The maximum Gasteiger partial charge on any atom is 0.422 e. The molecule has 3 aromatic rings. The number of aromatic nitrogens is 4. The molecule has 3 aromatic heterocycles. The zero-order valence-electron chi connectivity index (χ0n) is 13.9. The van der Waals surface area contributed by atoms with Crippen LogP contribution in [0.4, 0.5) is 19.1 Å². The normalized spacial score (nSPS) is 12.2. The Bertz CT molecular complexity index is 1120. The van der Waals surface area contributed by atoms with Gasteiger partial charge >= 0.3 is 6.18 Å². The number of ether oxygens (including phenoxy) is 2. The van der Waals surface area contributed by atoms with E-state index in [0.29, 0.717) is 0 Å². The van der Waals surface area contributed by atoms with Gasteiger partial charge in [0.25, 0.3) is 15.9 Å². The summed E-state index contributed by atoms with van der Waals surface area (Å²) in [5.41, 5.74) is 0.252. The molecule has 0 aliphatic heterocycles. The Morgan fingerprint density at radius 1 is 1.29 bits per heavy atom. The summed E-state index contributed by atoms with van der Waals surface area (Å²) in [4.78, 5) is 13.9. The molecule has 3 rings (SSSR count). The SMILES string of the molecule is COc1nc(NS(=O)(=O)c2c[nH]c3nc(Cl)ccc23)ncc1OCC(F)(F)F. The summed E-state index contributed by atoms with van der Waals surface area (Å²) in [6.45, 7) is -1.58. The van der Waals surface area contributed by atoms with E-state index >= 15 is 0 Å². The fourth-order valence-electron chi connectivity index (χ4n) is 2.16. The van der Waals surface area contributed by atoms with Crippen LogP contribution in [0.1, 0.15) is 0 Å². The van der Waals surface area contributed by atoms with Gasteiger partial charge in [0, 0.05) is 11.6 Å². The van der Waals surface area contributed by atoms with E-state index in [0.717, 1.165) is 13.3 Å². The number of nitrogens with one attached hydrogen (secondary N) is 2. The molecule has 2 N–H and O–H groups in total. The Morgan fingerprint density at radius 2 is 2.04 bits per heavy atom. The molecule has 0 aliphatic carbocycles. The third-order valence-corrected chi connectivity index (χ3v) is 4.87. The number of alkyl halides is 3. The highest BCUT2D eigenvalue weighted by atomic mass is 35.5. The molecule has 0 bridgehead atoms. The molecule has 3 heterocycles. The van der Waals surface area contributed by atoms with E-state index in [1.54, 1.807) is 0 Å². The number of methoxy groups -OCH3 is 1. The van der Waals surface area contributed by atoms with Gasteiger partial charge < -0.3 is 14.5 Å². The van der Waals surface area contributed by atoms with Crippen LogP contribution in [0.15, 0.2) is 29.4 Å². The van der Waals surface area contributed by atoms with Crippen LogP contribution in [-0.4, -0.2) is 48.2 Å². The molecule has 14 heteroatoms. The van der Waals surface area contributed by atoms with Gasteiger partial charge in [0.2, 0.25) is 5.95 Å². The van der Waals surface area contributed by atoms with Crippen molar-refractivity contribution in [2.24, 2.45) is 0 Å². The first kappa shape index (κ1) is 19.9. The topological polar surface area (TPSA) is 119 Å². The number of sulfonamides is 1. The molecule has 0 saturated carbocycles. The third-order valence-electron chi connectivity index (χ3n) is 3.29. The number of fused-ring (bicyclic) bond motifs is 1. The van der Waals surface area contributed by atoms with Gasteiger partial charge in [-0.3, -0.25) is 0 Å². The van der Waals surface area contributed by atoms with E-state index in [2.05, 4.69) is 29.4 Å². The van der Waals surface area contributed by atoms with Crippen LogP contribution in [0.2, 0.25) is 5.15 Å². The lowest BCUT2D eigenvalue weighted by Crippen LogP contribution is -2.20. The smallest absolute Gasteiger partial charge is 0.422 e. The van der Waals surface area contributed by atoms with Gasteiger partial charge in [0.1, 0.15) is 15.7 Å². The first-order valence-corrected chi connectivity index (χ1v) is 9.22. The lowest BCUT2D eigenvalue weighted by atomic mass is 10.3. The van der Waals surface area contributed by atoms with Crippen LogP contribution in [0, 0.1) is 0 Å². The maximum atomic E-state index is 12.6. The Hall–Kier alpha value is -2.80. The van der Waals surface area contributed by atoms with E-state index in [1.807, 2.05) is 0 Å². The Labute approximate surface area is 160 Å². The Morgan fingerprint density at radius 3 is 2.71 bits per heavy atom. The van der Waals surface area contributed by atoms with Crippen LogP contribution < -0.4 is 14.2 Å². The number of rotatable bonds is 6. The maximum absolute atomic E-state index is 12.6. The molecule has 0 fully saturated rings. The van der Waals surface area contributed by atoms with E-state index in [9.17, 15) is 21.6 Å². The summed E-state index contributed by atoms with van der Waals surface area (Å²) in [7, 11) is -3.01. The standard InChI is InChI=1S/C14H11ClF3N5O4S/c1-26-12-8(27-6-14(16,17)18)4-20-13(22-12)23-28(24,25)9-5-19-11-7(9)2-3-10(15)21-11/h2-5H,6H2,1H3,(H,19,21)(H,20,22,23). The fourth-order valence-corrected chi connectivity index (χ4v) is 3.43. The van der Waals surface area contributed by atoms with Gasteiger partial charge in [-0.05, 0) is 12.1 Å². The van der Waals surface area contributed by atoms with Crippen molar-refractivity contribution in [3.8, 4) is 11.6 Å². The fraction of sp³-hybridized carbons (Fsp3) is 0.214. The number of H-pyrrole nitrogens is 1. The Balaban J connectivity index is 1.87. The lowest BCUT2D eigenvalue weighted by molar-refractivity contribution is -0.153. The van der Waals surface area contributed by atoms with Crippen molar-refractivity contribution in [2.45, 2.75) is 11.1 Å². The van der Waals surface area contributed by atoms with Crippen LogP contribution in [-0.2, 0) is 10.0 Å². The predicted octanol–water partition coefficient (Wildman–Crippen LogP) is 2.76. The monoisotopic (exact) mass is 437 g/mol. The minimum atomic E-state index is -4.57.